The van der Waals surface area contributed by atoms with Gasteiger partial charge in [-0.15, -0.1) is 0 Å². The first-order chi connectivity index (χ1) is 13.4. The second-order valence-corrected chi connectivity index (χ2v) is 13.7. The van der Waals surface area contributed by atoms with Gasteiger partial charge in [0.2, 0.25) is 5.91 Å². The lowest BCUT2D eigenvalue weighted by Gasteiger charge is -2.37. The smallest absolute Gasteiger partial charge is 0.328 e. The summed E-state index contributed by atoms with van der Waals surface area (Å²) in [6.45, 7) is 14.8. The van der Waals surface area contributed by atoms with Crippen LogP contribution in [0, 0.1) is 0 Å². The predicted molar refractivity (Wildman–Crippen MR) is 119 cm³/mol. The molecule has 0 aromatic heterocycles. The number of hydrogen-bond donors (Lipinski definition) is 1. The molecule has 164 valence electrons. The molecule has 1 atom stereocenters. The number of nitrogens with zero attached hydrogens (tertiary/aromatic N) is 2. The maximum Gasteiger partial charge on any atom is 0.328 e. The van der Waals surface area contributed by atoms with Crippen molar-refractivity contribution >= 4 is 20.3 Å². The minimum atomic E-state index is -1.97. The molecule has 1 N–H and O–H groups in total. The molecule has 0 spiro atoms. The van der Waals surface area contributed by atoms with Crippen molar-refractivity contribution < 1.29 is 19.1 Å². The molecule has 0 saturated carbocycles. The van der Waals surface area contributed by atoms with Gasteiger partial charge in [-0.2, -0.15) is 0 Å². The Kier molecular flexibility index (Phi) is 9.52. The van der Waals surface area contributed by atoms with Gasteiger partial charge in [0, 0.05) is 13.0 Å². The fraction of sp³-hybridized carbons (Fsp3) is 0.636. The number of rotatable bonds is 9. The first-order valence-corrected chi connectivity index (χ1v) is 13.3. The van der Waals surface area contributed by atoms with E-state index in [2.05, 4.69) is 33.9 Å². The highest BCUT2D eigenvalue weighted by atomic mass is 28.4. The molecular formula is C22H38N2O4Si. The number of aliphatic hydroxyl groups excluding tert-OH is 1. The molecule has 29 heavy (non-hydrogen) atoms. The zero-order valence-electron chi connectivity index (χ0n) is 19.1. The van der Waals surface area contributed by atoms with Crippen molar-refractivity contribution in [3.05, 3.63) is 35.9 Å². The molecule has 0 saturated heterocycles. The number of carbonyl (C=O) groups is 2. The summed E-state index contributed by atoms with van der Waals surface area (Å²) in [5.74, 6) is -0.265. The molecule has 7 heteroatoms. The van der Waals surface area contributed by atoms with Crippen molar-refractivity contribution in [1.82, 2.24) is 9.80 Å². The van der Waals surface area contributed by atoms with Crippen LogP contribution < -0.4 is 0 Å². The molecule has 3 amide bonds. The number of urea groups is 1. The van der Waals surface area contributed by atoms with Crippen molar-refractivity contribution in [3.8, 4) is 0 Å². The van der Waals surface area contributed by atoms with Gasteiger partial charge in [-0.05, 0) is 37.0 Å². The fourth-order valence-electron chi connectivity index (χ4n) is 2.62. The van der Waals surface area contributed by atoms with E-state index in [4.69, 9.17) is 4.43 Å². The van der Waals surface area contributed by atoms with Crippen molar-refractivity contribution in [2.75, 3.05) is 19.7 Å². The Morgan fingerprint density at radius 2 is 1.72 bits per heavy atom. The SMILES string of the molecule is CCC(=O)N(CCO[Si](C)(C)C(C)(C)C)C(=O)N(CCc1ccccc1)C(C)O. The van der Waals surface area contributed by atoms with E-state index in [1.165, 1.54) is 9.80 Å². The summed E-state index contributed by atoms with van der Waals surface area (Å²) in [6, 6.07) is 9.30. The molecule has 1 aromatic carbocycles. The second-order valence-electron chi connectivity index (χ2n) is 8.85. The Morgan fingerprint density at radius 1 is 1.14 bits per heavy atom. The van der Waals surface area contributed by atoms with Crippen LogP contribution in [0.1, 0.15) is 46.6 Å². The zero-order chi connectivity index (χ0) is 22.2. The van der Waals surface area contributed by atoms with E-state index >= 15 is 0 Å². The average molecular weight is 423 g/mol. The van der Waals surface area contributed by atoms with Crippen LogP contribution in [-0.2, 0) is 15.6 Å². The van der Waals surface area contributed by atoms with E-state index < -0.39 is 20.6 Å². The molecule has 0 fully saturated rings. The average Bonchev–Trinajstić information content (AvgIpc) is 2.64. The van der Waals surface area contributed by atoms with Gasteiger partial charge in [0.15, 0.2) is 8.32 Å². The highest BCUT2D eigenvalue weighted by molar-refractivity contribution is 6.74. The van der Waals surface area contributed by atoms with Crippen LogP contribution >= 0.6 is 0 Å². The molecule has 0 heterocycles. The Morgan fingerprint density at radius 3 is 2.21 bits per heavy atom. The number of aliphatic hydroxyl groups is 1. The third kappa shape index (κ3) is 7.57. The first-order valence-electron chi connectivity index (χ1n) is 10.4. The minimum Gasteiger partial charge on any atom is -0.415 e. The monoisotopic (exact) mass is 422 g/mol. The highest BCUT2D eigenvalue weighted by Gasteiger charge is 2.37. The Labute approximate surface area is 177 Å². The lowest BCUT2D eigenvalue weighted by atomic mass is 10.1. The van der Waals surface area contributed by atoms with E-state index in [9.17, 15) is 14.7 Å². The van der Waals surface area contributed by atoms with Gasteiger partial charge in [0.1, 0.15) is 6.23 Å². The van der Waals surface area contributed by atoms with Crippen LogP contribution in [0.4, 0.5) is 4.79 Å². The second kappa shape index (κ2) is 10.9. The zero-order valence-corrected chi connectivity index (χ0v) is 20.1. The van der Waals surface area contributed by atoms with E-state index in [1.54, 1.807) is 13.8 Å². The van der Waals surface area contributed by atoms with Crippen molar-refractivity contribution in [2.45, 2.75) is 71.8 Å². The summed E-state index contributed by atoms with van der Waals surface area (Å²) >= 11 is 0. The summed E-state index contributed by atoms with van der Waals surface area (Å²) in [5.41, 5.74) is 1.07. The third-order valence-corrected chi connectivity index (χ3v) is 10.1. The lowest BCUT2D eigenvalue weighted by molar-refractivity contribution is -0.129. The fourth-order valence-corrected chi connectivity index (χ4v) is 3.65. The summed E-state index contributed by atoms with van der Waals surface area (Å²) in [4.78, 5) is 28.1. The molecule has 1 aromatic rings. The van der Waals surface area contributed by atoms with Crippen molar-refractivity contribution in [3.63, 3.8) is 0 Å². The number of amides is 3. The first kappa shape index (κ1) is 25.3. The molecule has 1 rings (SSSR count). The van der Waals surface area contributed by atoms with E-state index in [1.807, 2.05) is 30.3 Å². The lowest BCUT2D eigenvalue weighted by Crippen LogP contribution is -2.52. The summed E-state index contributed by atoms with van der Waals surface area (Å²) in [5, 5.41) is 10.2. The van der Waals surface area contributed by atoms with Gasteiger partial charge < -0.3 is 9.53 Å². The summed E-state index contributed by atoms with van der Waals surface area (Å²) < 4.78 is 6.15. The number of carbonyl (C=O) groups excluding carboxylic acids is 2. The van der Waals surface area contributed by atoms with Gasteiger partial charge in [-0.1, -0.05) is 58.0 Å². The normalized spacial score (nSPS) is 13.1. The van der Waals surface area contributed by atoms with Crippen LogP contribution in [0.25, 0.3) is 0 Å². The van der Waals surface area contributed by atoms with Crippen LogP contribution in [-0.4, -0.2) is 61.1 Å². The molecule has 0 aliphatic heterocycles. The van der Waals surface area contributed by atoms with Crippen LogP contribution in [0.15, 0.2) is 30.3 Å². The van der Waals surface area contributed by atoms with Crippen molar-refractivity contribution in [1.29, 1.82) is 0 Å². The largest absolute Gasteiger partial charge is 0.415 e. The van der Waals surface area contributed by atoms with E-state index in [0.717, 1.165) is 5.56 Å². The molecule has 0 radical (unpaired) electrons. The molecule has 0 aliphatic carbocycles. The molecule has 1 unspecified atom stereocenters. The van der Waals surface area contributed by atoms with Gasteiger partial charge in [-0.3, -0.25) is 14.6 Å². The number of hydrogen-bond acceptors (Lipinski definition) is 4. The van der Waals surface area contributed by atoms with Crippen LogP contribution in [0.5, 0.6) is 0 Å². The minimum absolute atomic E-state index is 0.0535. The van der Waals surface area contributed by atoms with Crippen LogP contribution in [0.2, 0.25) is 18.1 Å². The number of imide groups is 1. The maximum atomic E-state index is 13.1. The predicted octanol–water partition coefficient (Wildman–Crippen LogP) is 4.25. The van der Waals surface area contributed by atoms with Gasteiger partial charge >= 0.3 is 6.03 Å². The Bertz CT molecular complexity index is 657. The third-order valence-electron chi connectivity index (χ3n) is 5.60. The number of benzene rings is 1. The van der Waals surface area contributed by atoms with Gasteiger partial charge in [0.25, 0.3) is 0 Å². The Balaban J connectivity index is 2.84. The molecule has 0 aliphatic rings. The maximum absolute atomic E-state index is 13.1. The van der Waals surface area contributed by atoms with E-state index in [0.29, 0.717) is 19.6 Å². The molecule has 6 nitrogen and oxygen atoms in total. The van der Waals surface area contributed by atoms with Crippen molar-refractivity contribution in [2.24, 2.45) is 0 Å². The van der Waals surface area contributed by atoms with E-state index in [-0.39, 0.29) is 23.9 Å². The van der Waals surface area contributed by atoms with Gasteiger partial charge in [0.05, 0.1) is 13.2 Å². The van der Waals surface area contributed by atoms with Crippen LogP contribution in [0.3, 0.4) is 0 Å². The topological polar surface area (TPSA) is 70.1 Å². The standard InChI is InChI=1S/C22H38N2O4Si/c1-8-20(26)24(16-17-28-29(6,7)22(3,4)5)21(27)23(18(2)25)15-14-19-12-10-9-11-13-19/h9-13,18,25H,8,14-17H2,1-7H3. The highest BCUT2D eigenvalue weighted by Crippen LogP contribution is 2.36. The summed E-state index contributed by atoms with van der Waals surface area (Å²) in [7, 11) is -1.97. The quantitative estimate of drug-likeness (QED) is 0.477. The molecule has 0 bridgehead atoms. The molecular weight excluding hydrogens is 384 g/mol. The van der Waals surface area contributed by atoms with Gasteiger partial charge in [-0.25, -0.2) is 4.79 Å². The Hall–Kier alpha value is -1.70. The summed E-state index contributed by atoms with van der Waals surface area (Å²) in [6.07, 6.45) is -0.163.